The van der Waals surface area contributed by atoms with E-state index in [4.69, 9.17) is 36.0 Å². The summed E-state index contributed by atoms with van der Waals surface area (Å²) in [5, 5.41) is 0.886. The van der Waals surface area contributed by atoms with E-state index in [9.17, 15) is 4.39 Å². The summed E-state index contributed by atoms with van der Waals surface area (Å²) in [5.41, 5.74) is 2.58. The zero-order chi connectivity index (χ0) is 22.9. The van der Waals surface area contributed by atoms with E-state index in [1.807, 2.05) is 12.1 Å². The predicted octanol–water partition coefficient (Wildman–Crippen LogP) is 4.02. The number of halogens is 2. The van der Waals surface area contributed by atoms with Gasteiger partial charge in [0.25, 0.3) is 0 Å². The Hall–Kier alpha value is -2.55. The molecule has 2 saturated heterocycles. The molecule has 2 atom stereocenters. The van der Waals surface area contributed by atoms with Gasteiger partial charge in [0.05, 0.1) is 55.5 Å². The van der Waals surface area contributed by atoms with E-state index >= 15 is 0 Å². The van der Waals surface area contributed by atoms with Gasteiger partial charge in [0.2, 0.25) is 5.95 Å². The summed E-state index contributed by atoms with van der Waals surface area (Å²) in [4.78, 5) is 19.2. The van der Waals surface area contributed by atoms with Crippen molar-refractivity contribution in [2.75, 3.05) is 49.3 Å². The second-order valence-corrected chi connectivity index (χ2v) is 8.86. The topological polar surface area (TPSA) is 63.6 Å². The molecular formula is C24H27ClFN5O2. The van der Waals surface area contributed by atoms with Gasteiger partial charge in [-0.15, -0.1) is 11.6 Å². The number of anilines is 2. The van der Waals surface area contributed by atoms with Crippen molar-refractivity contribution in [3.8, 4) is 11.3 Å². The second-order valence-electron chi connectivity index (χ2n) is 8.59. The van der Waals surface area contributed by atoms with E-state index < -0.39 is 0 Å². The van der Waals surface area contributed by atoms with Gasteiger partial charge >= 0.3 is 0 Å². The first kappa shape index (κ1) is 22.3. The summed E-state index contributed by atoms with van der Waals surface area (Å²) >= 11 is 5.92. The zero-order valence-electron chi connectivity index (χ0n) is 18.8. The molecule has 0 spiro atoms. The third kappa shape index (κ3) is 4.35. The first-order valence-electron chi connectivity index (χ1n) is 11.3. The minimum Gasteiger partial charge on any atom is -0.377 e. The van der Waals surface area contributed by atoms with Crippen molar-refractivity contribution in [3.63, 3.8) is 0 Å². The molecule has 0 N–H and O–H groups in total. The number of hydrogen-bond acceptors (Lipinski definition) is 7. The molecule has 0 aliphatic carbocycles. The average molecular weight is 472 g/mol. The molecule has 2 aliphatic rings. The molecule has 4 heterocycles. The van der Waals surface area contributed by atoms with Crippen molar-refractivity contribution in [2.24, 2.45) is 0 Å². The first-order valence-corrected chi connectivity index (χ1v) is 11.8. The summed E-state index contributed by atoms with van der Waals surface area (Å²) in [6.45, 7) is 8.30. The quantitative estimate of drug-likeness (QED) is 0.532. The van der Waals surface area contributed by atoms with Crippen LogP contribution in [-0.2, 0) is 15.4 Å². The number of rotatable bonds is 4. The van der Waals surface area contributed by atoms with Gasteiger partial charge in [-0.1, -0.05) is 0 Å². The largest absolute Gasteiger partial charge is 0.377 e. The van der Waals surface area contributed by atoms with Crippen LogP contribution >= 0.6 is 11.6 Å². The van der Waals surface area contributed by atoms with E-state index in [2.05, 4.69) is 23.6 Å². The maximum absolute atomic E-state index is 14.0. The maximum atomic E-state index is 14.0. The van der Waals surface area contributed by atoms with E-state index in [-0.39, 0.29) is 23.8 Å². The van der Waals surface area contributed by atoms with Crippen LogP contribution in [0, 0.1) is 5.82 Å². The van der Waals surface area contributed by atoms with Crippen LogP contribution in [0.15, 0.2) is 30.3 Å². The molecule has 2 aliphatic heterocycles. The molecule has 1 unspecified atom stereocenters. The number of pyridine rings is 1. The molecule has 7 nitrogen and oxygen atoms in total. The van der Waals surface area contributed by atoms with Crippen LogP contribution in [0.1, 0.15) is 19.4 Å². The normalized spacial score (nSPS) is 21.6. The lowest BCUT2D eigenvalue weighted by Gasteiger charge is -2.37. The lowest BCUT2D eigenvalue weighted by molar-refractivity contribution is 0.0973. The molecule has 0 amide bonds. The number of aromatic nitrogens is 3. The highest BCUT2D eigenvalue weighted by Gasteiger charge is 2.27. The molecule has 5 rings (SSSR count). The monoisotopic (exact) mass is 471 g/mol. The fraction of sp³-hybridized carbons (Fsp3) is 0.458. The molecular weight excluding hydrogens is 445 g/mol. The van der Waals surface area contributed by atoms with Gasteiger partial charge in [0.1, 0.15) is 11.6 Å². The van der Waals surface area contributed by atoms with Gasteiger partial charge in [0, 0.05) is 24.2 Å². The second kappa shape index (κ2) is 9.37. The zero-order valence-corrected chi connectivity index (χ0v) is 19.6. The molecule has 174 valence electrons. The van der Waals surface area contributed by atoms with E-state index in [0.717, 1.165) is 35.6 Å². The smallest absolute Gasteiger partial charge is 0.229 e. The third-order valence-corrected chi connectivity index (χ3v) is 6.57. The van der Waals surface area contributed by atoms with Crippen LogP contribution in [-0.4, -0.2) is 66.6 Å². The van der Waals surface area contributed by atoms with Gasteiger partial charge in [-0.05, 0) is 44.2 Å². The SMILES string of the molecule is CC1COCCN1c1nc(N2CCOC[C@@H]2C)c2ccc(-c3ccc(F)c(CCl)c3)nc2n1. The average Bonchev–Trinajstić information content (AvgIpc) is 2.84. The Morgan fingerprint density at radius 2 is 1.70 bits per heavy atom. The summed E-state index contributed by atoms with van der Waals surface area (Å²) in [5.74, 6) is 1.30. The van der Waals surface area contributed by atoms with Gasteiger partial charge in [-0.25, -0.2) is 9.37 Å². The first-order chi connectivity index (χ1) is 16.0. The van der Waals surface area contributed by atoms with Crippen LogP contribution in [0.3, 0.4) is 0 Å². The Morgan fingerprint density at radius 1 is 0.970 bits per heavy atom. The molecule has 0 saturated carbocycles. The standard InChI is InChI=1S/C24H27ClFN5O2/c1-15-13-32-9-7-30(15)23-19-4-6-21(17-3-5-20(26)18(11-17)12-25)27-22(19)28-24(29-23)31-8-10-33-14-16(31)2/h3-6,11,15-16H,7-10,12-14H2,1-2H3/t15-,16?/m0/s1. The van der Waals surface area contributed by atoms with Crippen molar-refractivity contribution in [3.05, 3.63) is 41.7 Å². The molecule has 9 heteroatoms. The summed E-state index contributed by atoms with van der Waals surface area (Å²) in [6.07, 6.45) is 0. The van der Waals surface area contributed by atoms with Crippen molar-refractivity contribution >= 4 is 34.4 Å². The Kier molecular flexibility index (Phi) is 6.32. The molecule has 33 heavy (non-hydrogen) atoms. The van der Waals surface area contributed by atoms with E-state index in [1.165, 1.54) is 6.07 Å². The van der Waals surface area contributed by atoms with Gasteiger partial charge in [-0.2, -0.15) is 9.97 Å². The lowest BCUT2D eigenvalue weighted by atomic mass is 10.1. The Morgan fingerprint density at radius 3 is 2.39 bits per heavy atom. The fourth-order valence-corrected chi connectivity index (χ4v) is 4.60. The van der Waals surface area contributed by atoms with Crippen LogP contribution in [0.25, 0.3) is 22.3 Å². The van der Waals surface area contributed by atoms with Gasteiger partial charge < -0.3 is 19.3 Å². The van der Waals surface area contributed by atoms with Crippen molar-refractivity contribution in [1.82, 2.24) is 15.0 Å². The van der Waals surface area contributed by atoms with Crippen molar-refractivity contribution in [1.29, 1.82) is 0 Å². The highest BCUT2D eigenvalue weighted by Crippen LogP contribution is 2.31. The number of ether oxygens (including phenoxy) is 2. The van der Waals surface area contributed by atoms with E-state index in [0.29, 0.717) is 43.6 Å². The molecule has 3 aromatic rings. The number of alkyl halides is 1. The maximum Gasteiger partial charge on any atom is 0.229 e. The fourth-order valence-electron chi connectivity index (χ4n) is 4.39. The number of fused-ring (bicyclic) bond motifs is 1. The Balaban J connectivity index is 1.65. The summed E-state index contributed by atoms with van der Waals surface area (Å²) in [6, 6.07) is 9.19. The molecule has 2 fully saturated rings. The van der Waals surface area contributed by atoms with Crippen LogP contribution in [0.4, 0.5) is 16.2 Å². The highest BCUT2D eigenvalue weighted by molar-refractivity contribution is 6.17. The van der Waals surface area contributed by atoms with Gasteiger partial charge in [0.15, 0.2) is 5.65 Å². The number of morpholine rings is 2. The number of benzene rings is 1. The Labute approximate surface area is 197 Å². The van der Waals surface area contributed by atoms with Gasteiger partial charge in [-0.3, -0.25) is 0 Å². The number of nitrogens with zero attached hydrogens (tertiary/aromatic N) is 5. The Bertz CT molecular complexity index is 1160. The molecule has 1 aromatic carbocycles. The van der Waals surface area contributed by atoms with E-state index in [1.54, 1.807) is 12.1 Å². The van der Waals surface area contributed by atoms with Crippen LogP contribution in [0.2, 0.25) is 0 Å². The predicted molar refractivity (Wildman–Crippen MR) is 128 cm³/mol. The molecule has 0 radical (unpaired) electrons. The highest BCUT2D eigenvalue weighted by atomic mass is 35.5. The molecule has 2 aromatic heterocycles. The van der Waals surface area contributed by atoms with Crippen molar-refractivity contribution < 1.29 is 13.9 Å². The number of hydrogen-bond donors (Lipinski definition) is 0. The lowest BCUT2D eigenvalue weighted by Crippen LogP contribution is -2.46. The third-order valence-electron chi connectivity index (χ3n) is 6.28. The van der Waals surface area contributed by atoms with Crippen molar-refractivity contribution in [2.45, 2.75) is 31.8 Å². The van der Waals surface area contributed by atoms with Crippen LogP contribution in [0.5, 0.6) is 0 Å². The van der Waals surface area contributed by atoms with Crippen LogP contribution < -0.4 is 9.80 Å². The molecule has 0 bridgehead atoms. The minimum atomic E-state index is -0.316. The summed E-state index contributed by atoms with van der Waals surface area (Å²) < 4.78 is 25.2. The minimum absolute atomic E-state index is 0.105. The summed E-state index contributed by atoms with van der Waals surface area (Å²) in [7, 11) is 0.